The number of nitrogens with one attached hydrogen (secondary N) is 1. The van der Waals surface area contributed by atoms with E-state index >= 15 is 0 Å². The summed E-state index contributed by atoms with van der Waals surface area (Å²) in [5.41, 5.74) is 1.26. The molecule has 1 amide bonds. The maximum absolute atomic E-state index is 12.0. The fraction of sp³-hybridized carbons (Fsp3) is 0.286. The van der Waals surface area contributed by atoms with Gasteiger partial charge in [-0.05, 0) is 31.7 Å². The molecule has 0 fully saturated rings. The number of amides is 1. The van der Waals surface area contributed by atoms with Crippen LogP contribution in [0.15, 0.2) is 60.7 Å². The Balaban J connectivity index is 1.66. The van der Waals surface area contributed by atoms with Gasteiger partial charge in [0, 0.05) is 6.54 Å². The molecule has 0 unspecified atom stereocenters. The van der Waals surface area contributed by atoms with Gasteiger partial charge >= 0.3 is 0 Å². The Morgan fingerprint density at radius 1 is 1.08 bits per heavy atom. The van der Waals surface area contributed by atoms with Crippen molar-refractivity contribution in [1.82, 2.24) is 10.2 Å². The molecule has 2 aromatic rings. The van der Waals surface area contributed by atoms with Crippen LogP contribution >= 0.6 is 0 Å². The van der Waals surface area contributed by atoms with Gasteiger partial charge in [-0.1, -0.05) is 60.4 Å². The first-order chi connectivity index (χ1) is 12.1. The van der Waals surface area contributed by atoms with E-state index in [9.17, 15) is 4.79 Å². The van der Waals surface area contributed by atoms with Crippen molar-refractivity contribution in [2.45, 2.75) is 19.6 Å². The maximum atomic E-state index is 12.0. The summed E-state index contributed by atoms with van der Waals surface area (Å²) in [6.07, 6.45) is -0.551. The van der Waals surface area contributed by atoms with Crippen molar-refractivity contribution in [2.24, 2.45) is 0 Å². The molecular weight excluding hydrogens is 312 g/mol. The van der Waals surface area contributed by atoms with Gasteiger partial charge in [0.2, 0.25) is 0 Å². The van der Waals surface area contributed by atoms with Crippen molar-refractivity contribution in [2.75, 3.05) is 20.1 Å². The Kier molecular flexibility index (Phi) is 7.55. The molecule has 0 saturated heterocycles. The third-order valence-electron chi connectivity index (χ3n) is 3.55. The SMILES string of the molecule is C[C@@H](Oc1ccccc1)C(=O)NCC#CCN(C)Cc1ccccc1. The van der Waals surface area contributed by atoms with E-state index in [1.807, 2.05) is 55.6 Å². The number of nitrogens with zero attached hydrogens (tertiary/aromatic N) is 1. The van der Waals surface area contributed by atoms with Gasteiger partial charge in [0.15, 0.2) is 6.10 Å². The summed E-state index contributed by atoms with van der Waals surface area (Å²) in [5, 5.41) is 2.77. The third-order valence-corrected chi connectivity index (χ3v) is 3.55. The van der Waals surface area contributed by atoms with Crippen molar-refractivity contribution >= 4 is 5.91 Å². The number of carbonyl (C=O) groups is 1. The predicted octanol–water partition coefficient (Wildman–Crippen LogP) is 2.71. The van der Waals surface area contributed by atoms with Crippen LogP contribution in [0.5, 0.6) is 5.75 Å². The maximum Gasteiger partial charge on any atom is 0.261 e. The molecule has 0 aliphatic heterocycles. The lowest BCUT2D eigenvalue weighted by Gasteiger charge is -2.14. The fourth-order valence-electron chi connectivity index (χ4n) is 2.24. The smallest absolute Gasteiger partial charge is 0.261 e. The Bertz CT molecular complexity index is 705. The van der Waals surface area contributed by atoms with Crippen LogP contribution in [0.1, 0.15) is 12.5 Å². The van der Waals surface area contributed by atoms with E-state index < -0.39 is 6.10 Å². The second kappa shape index (κ2) is 10.2. The van der Waals surface area contributed by atoms with Crippen LogP contribution in [0.3, 0.4) is 0 Å². The summed E-state index contributed by atoms with van der Waals surface area (Å²) in [7, 11) is 2.02. The van der Waals surface area contributed by atoms with Gasteiger partial charge in [0.1, 0.15) is 5.75 Å². The number of benzene rings is 2. The molecular formula is C21H24N2O2. The lowest BCUT2D eigenvalue weighted by Crippen LogP contribution is -2.36. The number of hydrogen-bond donors (Lipinski definition) is 1. The molecule has 0 bridgehead atoms. The average molecular weight is 336 g/mol. The highest BCUT2D eigenvalue weighted by Gasteiger charge is 2.13. The lowest BCUT2D eigenvalue weighted by atomic mass is 10.2. The summed E-state index contributed by atoms with van der Waals surface area (Å²) in [6.45, 7) is 3.55. The normalized spacial score (nSPS) is 11.3. The van der Waals surface area contributed by atoms with E-state index in [2.05, 4.69) is 34.2 Å². The fourth-order valence-corrected chi connectivity index (χ4v) is 2.24. The zero-order chi connectivity index (χ0) is 17.9. The van der Waals surface area contributed by atoms with Gasteiger partial charge in [-0.25, -0.2) is 0 Å². The molecule has 4 nitrogen and oxygen atoms in total. The minimum absolute atomic E-state index is 0.171. The standard InChI is InChI=1S/C21H24N2O2/c1-18(25-20-13-7-4-8-14-20)21(24)22-15-9-10-16-23(2)17-19-11-5-3-6-12-19/h3-8,11-14,18H,15-17H2,1-2H3,(H,22,24)/t18-/m1/s1. The molecule has 0 aromatic heterocycles. The van der Waals surface area contributed by atoms with E-state index in [0.717, 1.165) is 6.54 Å². The molecule has 0 saturated carbocycles. The molecule has 2 rings (SSSR count). The van der Waals surface area contributed by atoms with Crippen molar-refractivity contribution in [3.8, 4) is 17.6 Å². The molecule has 1 N–H and O–H groups in total. The molecule has 4 heteroatoms. The molecule has 130 valence electrons. The van der Waals surface area contributed by atoms with Gasteiger partial charge in [-0.15, -0.1) is 0 Å². The Hall–Kier alpha value is -2.77. The van der Waals surface area contributed by atoms with Crippen molar-refractivity contribution in [3.05, 3.63) is 66.2 Å². The van der Waals surface area contributed by atoms with E-state index in [0.29, 0.717) is 18.8 Å². The molecule has 0 aliphatic rings. The van der Waals surface area contributed by atoms with E-state index in [1.165, 1.54) is 5.56 Å². The Morgan fingerprint density at radius 2 is 1.72 bits per heavy atom. The van der Waals surface area contributed by atoms with Crippen LogP contribution in [0.25, 0.3) is 0 Å². The van der Waals surface area contributed by atoms with E-state index in [1.54, 1.807) is 6.92 Å². The van der Waals surface area contributed by atoms with Crippen molar-refractivity contribution in [1.29, 1.82) is 0 Å². The highest BCUT2D eigenvalue weighted by atomic mass is 16.5. The molecule has 25 heavy (non-hydrogen) atoms. The molecule has 0 aliphatic carbocycles. The largest absolute Gasteiger partial charge is 0.481 e. The number of ether oxygens (including phenoxy) is 1. The summed E-state index contributed by atoms with van der Waals surface area (Å²) < 4.78 is 5.57. The van der Waals surface area contributed by atoms with E-state index in [-0.39, 0.29) is 5.91 Å². The topological polar surface area (TPSA) is 41.6 Å². The average Bonchev–Trinajstić information content (AvgIpc) is 2.63. The van der Waals surface area contributed by atoms with Crippen molar-refractivity contribution in [3.63, 3.8) is 0 Å². The summed E-state index contributed by atoms with van der Waals surface area (Å²) in [4.78, 5) is 14.1. The van der Waals surface area contributed by atoms with Crippen molar-refractivity contribution < 1.29 is 9.53 Å². The predicted molar refractivity (Wildman–Crippen MR) is 100 cm³/mol. The van der Waals surface area contributed by atoms with Crippen LogP contribution in [0.4, 0.5) is 0 Å². The lowest BCUT2D eigenvalue weighted by molar-refractivity contribution is -0.126. The molecule has 2 aromatic carbocycles. The van der Waals surface area contributed by atoms with Gasteiger partial charge in [-0.3, -0.25) is 9.69 Å². The van der Waals surface area contributed by atoms with Crippen LogP contribution in [-0.2, 0) is 11.3 Å². The first-order valence-corrected chi connectivity index (χ1v) is 8.33. The molecule has 0 radical (unpaired) electrons. The molecule has 0 spiro atoms. The molecule has 1 atom stereocenters. The number of rotatable bonds is 7. The zero-order valence-electron chi connectivity index (χ0n) is 14.7. The van der Waals surface area contributed by atoms with Crippen LogP contribution in [0, 0.1) is 11.8 Å². The van der Waals surface area contributed by atoms with Gasteiger partial charge in [0.25, 0.3) is 5.91 Å². The third kappa shape index (κ3) is 7.11. The summed E-state index contributed by atoms with van der Waals surface area (Å²) >= 11 is 0. The van der Waals surface area contributed by atoms with E-state index in [4.69, 9.17) is 4.74 Å². The first kappa shape index (κ1) is 18.6. The van der Waals surface area contributed by atoms with Gasteiger partial charge in [0.05, 0.1) is 13.1 Å². The number of carbonyl (C=O) groups excluding carboxylic acids is 1. The quantitative estimate of drug-likeness (QED) is 0.791. The highest BCUT2D eigenvalue weighted by molar-refractivity contribution is 5.80. The number of para-hydroxylation sites is 1. The Labute approximate surface area is 149 Å². The number of hydrogen-bond acceptors (Lipinski definition) is 3. The summed E-state index contributed by atoms with van der Waals surface area (Å²) in [6, 6.07) is 19.6. The van der Waals surface area contributed by atoms with Gasteiger partial charge in [-0.2, -0.15) is 0 Å². The first-order valence-electron chi connectivity index (χ1n) is 8.33. The monoisotopic (exact) mass is 336 g/mol. The second-order valence-electron chi connectivity index (χ2n) is 5.80. The van der Waals surface area contributed by atoms with Crippen LogP contribution in [0.2, 0.25) is 0 Å². The zero-order valence-corrected chi connectivity index (χ0v) is 14.7. The van der Waals surface area contributed by atoms with Crippen LogP contribution < -0.4 is 10.1 Å². The highest BCUT2D eigenvalue weighted by Crippen LogP contribution is 2.10. The Morgan fingerprint density at radius 3 is 2.40 bits per heavy atom. The summed E-state index contributed by atoms with van der Waals surface area (Å²) in [5.74, 6) is 6.55. The minimum atomic E-state index is -0.551. The van der Waals surface area contributed by atoms with Crippen LogP contribution in [-0.4, -0.2) is 37.0 Å². The van der Waals surface area contributed by atoms with Gasteiger partial charge < -0.3 is 10.1 Å². The second-order valence-corrected chi connectivity index (χ2v) is 5.80. The molecule has 0 heterocycles. The minimum Gasteiger partial charge on any atom is -0.481 e.